The SMILES string of the molecule is CCNCc1nnnn1-c1ccc(F)c(C)c1. The van der Waals surface area contributed by atoms with Gasteiger partial charge in [-0.1, -0.05) is 6.92 Å². The number of aromatic nitrogens is 4. The number of nitrogens with zero attached hydrogens (tertiary/aromatic N) is 4. The Labute approximate surface area is 98.6 Å². The standard InChI is InChI=1S/C11H14FN5/c1-3-13-7-11-14-15-16-17(11)9-4-5-10(12)8(2)6-9/h4-6,13H,3,7H2,1-2H3. The second kappa shape index (κ2) is 5.01. The van der Waals surface area contributed by atoms with Gasteiger partial charge in [-0.25, -0.2) is 4.39 Å². The first-order valence-corrected chi connectivity index (χ1v) is 5.47. The van der Waals surface area contributed by atoms with Crippen LogP contribution in [0.15, 0.2) is 18.2 Å². The quantitative estimate of drug-likeness (QED) is 0.865. The molecule has 0 fully saturated rings. The normalized spacial score (nSPS) is 10.8. The van der Waals surface area contributed by atoms with Crippen LogP contribution < -0.4 is 5.32 Å². The molecule has 0 atom stereocenters. The molecule has 0 bridgehead atoms. The van der Waals surface area contributed by atoms with Crippen molar-refractivity contribution in [3.63, 3.8) is 0 Å². The minimum atomic E-state index is -0.227. The van der Waals surface area contributed by atoms with Gasteiger partial charge in [-0.3, -0.25) is 0 Å². The molecular formula is C11H14FN5. The molecule has 6 heteroatoms. The second-order valence-electron chi connectivity index (χ2n) is 3.72. The lowest BCUT2D eigenvalue weighted by atomic mass is 10.2. The molecule has 17 heavy (non-hydrogen) atoms. The molecule has 1 heterocycles. The van der Waals surface area contributed by atoms with Crippen molar-refractivity contribution in [2.75, 3.05) is 6.54 Å². The Hall–Kier alpha value is -1.82. The third kappa shape index (κ3) is 2.47. The van der Waals surface area contributed by atoms with Gasteiger partial charge in [0.2, 0.25) is 0 Å². The first kappa shape index (κ1) is 11.7. The van der Waals surface area contributed by atoms with Crippen LogP contribution in [0.25, 0.3) is 5.69 Å². The Balaban J connectivity index is 2.32. The average Bonchev–Trinajstić information content (AvgIpc) is 2.78. The summed E-state index contributed by atoms with van der Waals surface area (Å²) < 4.78 is 14.8. The van der Waals surface area contributed by atoms with E-state index in [2.05, 4.69) is 20.8 Å². The summed E-state index contributed by atoms with van der Waals surface area (Å²) in [5.74, 6) is 0.480. The van der Waals surface area contributed by atoms with E-state index in [9.17, 15) is 4.39 Å². The highest BCUT2D eigenvalue weighted by atomic mass is 19.1. The Kier molecular flexibility index (Phi) is 3.43. The molecule has 0 aliphatic heterocycles. The van der Waals surface area contributed by atoms with E-state index in [4.69, 9.17) is 0 Å². The predicted molar refractivity (Wildman–Crippen MR) is 61.2 cm³/mol. The molecular weight excluding hydrogens is 221 g/mol. The maximum atomic E-state index is 13.2. The zero-order chi connectivity index (χ0) is 12.3. The zero-order valence-electron chi connectivity index (χ0n) is 9.81. The molecule has 5 nitrogen and oxygen atoms in total. The number of hydrogen-bond donors (Lipinski definition) is 1. The lowest BCUT2D eigenvalue weighted by Crippen LogP contribution is -2.16. The van der Waals surface area contributed by atoms with Crippen molar-refractivity contribution in [2.45, 2.75) is 20.4 Å². The molecule has 2 rings (SSSR count). The molecule has 0 unspecified atom stereocenters. The Morgan fingerprint density at radius 1 is 1.41 bits per heavy atom. The van der Waals surface area contributed by atoms with Gasteiger partial charge in [0.1, 0.15) is 5.82 Å². The number of benzene rings is 1. The Morgan fingerprint density at radius 2 is 2.24 bits per heavy atom. The molecule has 0 amide bonds. The van der Waals surface area contributed by atoms with Gasteiger partial charge in [0.05, 0.1) is 12.2 Å². The highest BCUT2D eigenvalue weighted by molar-refractivity contribution is 5.35. The van der Waals surface area contributed by atoms with Crippen molar-refractivity contribution in [3.05, 3.63) is 35.4 Å². The van der Waals surface area contributed by atoms with Gasteiger partial charge in [-0.15, -0.1) is 5.10 Å². The lowest BCUT2D eigenvalue weighted by molar-refractivity contribution is 0.616. The summed E-state index contributed by atoms with van der Waals surface area (Å²) in [7, 11) is 0. The summed E-state index contributed by atoms with van der Waals surface area (Å²) >= 11 is 0. The van der Waals surface area contributed by atoms with Gasteiger partial charge in [0.25, 0.3) is 0 Å². The van der Waals surface area contributed by atoms with Crippen LogP contribution in [0.2, 0.25) is 0 Å². The molecule has 2 aromatic rings. The van der Waals surface area contributed by atoms with Crippen LogP contribution in [-0.4, -0.2) is 26.8 Å². The fraction of sp³-hybridized carbons (Fsp3) is 0.364. The maximum absolute atomic E-state index is 13.2. The Bertz CT molecular complexity index is 508. The van der Waals surface area contributed by atoms with Crippen molar-refractivity contribution >= 4 is 0 Å². The molecule has 0 aliphatic carbocycles. The number of nitrogens with one attached hydrogen (secondary N) is 1. The fourth-order valence-corrected chi connectivity index (χ4v) is 1.51. The predicted octanol–water partition coefficient (Wildman–Crippen LogP) is 1.22. The summed E-state index contributed by atoms with van der Waals surface area (Å²) in [4.78, 5) is 0. The topological polar surface area (TPSA) is 55.6 Å². The van der Waals surface area contributed by atoms with Crippen molar-refractivity contribution in [1.82, 2.24) is 25.5 Å². The summed E-state index contributed by atoms with van der Waals surface area (Å²) in [6.45, 7) is 5.15. The van der Waals surface area contributed by atoms with Crippen molar-refractivity contribution in [3.8, 4) is 5.69 Å². The van der Waals surface area contributed by atoms with Crippen LogP contribution in [0.1, 0.15) is 18.3 Å². The molecule has 0 saturated heterocycles. The molecule has 0 aliphatic rings. The van der Waals surface area contributed by atoms with E-state index in [1.54, 1.807) is 23.7 Å². The largest absolute Gasteiger partial charge is 0.310 e. The van der Waals surface area contributed by atoms with Crippen LogP contribution in [-0.2, 0) is 6.54 Å². The van der Waals surface area contributed by atoms with E-state index in [0.717, 1.165) is 12.2 Å². The molecule has 0 saturated carbocycles. The third-order valence-electron chi connectivity index (χ3n) is 2.45. The van der Waals surface area contributed by atoms with Crippen molar-refractivity contribution in [1.29, 1.82) is 0 Å². The maximum Gasteiger partial charge on any atom is 0.170 e. The number of rotatable bonds is 4. The monoisotopic (exact) mass is 235 g/mol. The summed E-state index contributed by atoms with van der Waals surface area (Å²) in [6, 6.07) is 4.80. The van der Waals surface area contributed by atoms with Crippen LogP contribution >= 0.6 is 0 Å². The van der Waals surface area contributed by atoms with Gasteiger partial charge in [0.15, 0.2) is 5.82 Å². The number of tetrazole rings is 1. The van der Waals surface area contributed by atoms with Crippen molar-refractivity contribution in [2.24, 2.45) is 0 Å². The molecule has 1 N–H and O–H groups in total. The van der Waals surface area contributed by atoms with Gasteiger partial charge >= 0.3 is 0 Å². The van der Waals surface area contributed by atoms with Gasteiger partial charge in [-0.05, 0) is 47.7 Å². The highest BCUT2D eigenvalue weighted by Gasteiger charge is 2.08. The second-order valence-corrected chi connectivity index (χ2v) is 3.72. The molecule has 0 spiro atoms. The number of aryl methyl sites for hydroxylation is 1. The number of hydrogen-bond acceptors (Lipinski definition) is 4. The van der Waals surface area contributed by atoms with Crippen LogP contribution in [0.3, 0.4) is 0 Å². The van der Waals surface area contributed by atoms with Crippen LogP contribution in [0.5, 0.6) is 0 Å². The minimum absolute atomic E-state index is 0.227. The lowest BCUT2D eigenvalue weighted by Gasteiger charge is -2.06. The van der Waals surface area contributed by atoms with Crippen LogP contribution in [0.4, 0.5) is 4.39 Å². The first-order valence-electron chi connectivity index (χ1n) is 5.47. The third-order valence-corrected chi connectivity index (χ3v) is 2.45. The molecule has 0 radical (unpaired) electrons. The first-order chi connectivity index (χ1) is 8.22. The fourth-order valence-electron chi connectivity index (χ4n) is 1.51. The van der Waals surface area contributed by atoms with Crippen molar-refractivity contribution < 1.29 is 4.39 Å². The molecule has 1 aromatic carbocycles. The van der Waals surface area contributed by atoms with E-state index >= 15 is 0 Å². The molecule has 1 aromatic heterocycles. The number of halogens is 1. The average molecular weight is 235 g/mol. The van der Waals surface area contributed by atoms with Gasteiger partial charge in [0, 0.05) is 0 Å². The van der Waals surface area contributed by atoms with Gasteiger partial charge < -0.3 is 5.32 Å². The minimum Gasteiger partial charge on any atom is -0.310 e. The summed E-state index contributed by atoms with van der Waals surface area (Å²) in [6.07, 6.45) is 0. The van der Waals surface area contributed by atoms with E-state index in [1.165, 1.54) is 6.07 Å². The van der Waals surface area contributed by atoms with Crippen LogP contribution in [0, 0.1) is 12.7 Å². The smallest absolute Gasteiger partial charge is 0.170 e. The Morgan fingerprint density at radius 3 is 2.94 bits per heavy atom. The van der Waals surface area contributed by atoms with E-state index in [-0.39, 0.29) is 5.82 Å². The van der Waals surface area contributed by atoms with E-state index in [1.807, 2.05) is 6.92 Å². The highest BCUT2D eigenvalue weighted by Crippen LogP contribution is 2.13. The summed E-state index contributed by atoms with van der Waals surface area (Å²) in [5.41, 5.74) is 1.34. The summed E-state index contributed by atoms with van der Waals surface area (Å²) in [5, 5.41) is 14.6. The van der Waals surface area contributed by atoms with E-state index in [0.29, 0.717) is 17.9 Å². The van der Waals surface area contributed by atoms with E-state index < -0.39 is 0 Å². The van der Waals surface area contributed by atoms with Gasteiger partial charge in [-0.2, -0.15) is 4.68 Å². The zero-order valence-corrected chi connectivity index (χ0v) is 9.81. The molecule has 90 valence electrons.